The highest BCUT2D eigenvalue weighted by Gasteiger charge is 2.16. The van der Waals surface area contributed by atoms with E-state index in [-0.39, 0.29) is 6.04 Å². The van der Waals surface area contributed by atoms with E-state index in [1.807, 2.05) is 0 Å². The van der Waals surface area contributed by atoms with Crippen molar-refractivity contribution in [1.29, 1.82) is 0 Å². The summed E-state index contributed by atoms with van der Waals surface area (Å²) in [7, 11) is 1.74. The van der Waals surface area contributed by atoms with Gasteiger partial charge in [0.2, 0.25) is 0 Å². The van der Waals surface area contributed by atoms with E-state index in [1.54, 1.807) is 7.11 Å². The molecule has 2 nitrogen and oxygen atoms in total. The maximum atomic E-state index is 6.12. The zero-order chi connectivity index (χ0) is 13.1. The number of benzene rings is 1. The fourth-order valence-electron chi connectivity index (χ4n) is 2.83. The second-order valence-corrected chi connectivity index (χ2v) is 5.26. The van der Waals surface area contributed by atoms with Gasteiger partial charge >= 0.3 is 0 Å². The predicted octanol–water partition coefficient (Wildman–Crippen LogP) is 3.60. The van der Waals surface area contributed by atoms with Gasteiger partial charge in [-0.05, 0) is 55.9 Å². The van der Waals surface area contributed by atoms with Crippen molar-refractivity contribution in [3.63, 3.8) is 0 Å². The Bertz CT molecular complexity index is 462. The van der Waals surface area contributed by atoms with Crippen LogP contribution in [0.4, 0.5) is 0 Å². The summed E-state index contributed by atoms with van der Waals surface area (Å²) < 4.78 is 5.55. The number of aryl methyl sites for hydroxylation is 2. The first kappa shape index (κ1) is 13.2. The van der Waals surface area contributed by atoms with Crippen LogP contribution in [0.2, 0.25) is 0 Å². The number of hydrogen-bond acceptors (Lipinski definition) is 2. The van der Waals surface area contributed by atoms with E-state index < -0.39 is 0 Å². The zero-order valence-corrected chi connectivity index (χ0v) is 11.6. The molecular formula is C16H23NO. The lowest BCUT2D eigenvalue weighted by molar-refractivity contribution is 0.412. The van der Waals surface area contributed by atoms with Crippen LogP contribution in [-0.2, 0) is 0 Å². The summed E-state index contributed by atoms with van der Waals surface area (Å²) >= 11 is 0. The average Bonchev–Trinajstić information content (AvgIpc) is 2.52. The van der Waals surface area contributed by atoms with Gasteiger partial charge in [-0.1, -0.05) is 18.6 Å². The van der Waals surface area contributed by atoms with E-state index >= 15 is 0 Å². The molecule has 0 heterocycles. The molecule has 0 fully saturated rings. The van der Waals surface area contributed by atoms with Crippen LogP contribution in [0.15, 0.2) is 18.2 Å². The summed E-state index contributed by atoms with van der Waals surface area (Å²) in [4.78, 5) is 0. The van der Waals surface area contributed by atoms with E-state index in [4.69, 9.17) is 10.5 Å². The zero-order valence-electron chi connectivity index (χ0n) is 11.6. The van der Waals surface area contributed by atoms with Gasteiger partial charge in [0, 0.05) is 11.6 Å². The molecule has 1 aliphatic rings. The maximum absolute atomic E-state index is 6.12. The van der Waals surface area contributed by atoms with Crippen LogP contribution < -0.4 is 10.5 Å². The van der Waals surface area contributed by atoms with Gasteiger partial charge in [0.05, 0.1) is 7.11 Å². The molecule has 0 aliphatic heterocycles. The Labute approximate surface area is 110 Å². The van der Waals surface area contributed by atoms with Crippen molar-refractivity contribution in [1.82, 2.24) is 0 Å². The fraction of sp³-hybridized carbons (Fsp3) is 0.500. The van der Waals surface area contributed by atoms with E-state index in [2.05, 4.69) is 32.1 Å². The van der Waals surface area contributed by atoms with Crippen molar-refractivity contribution in [2.75, 3.05) is 7.11 Å². The van der Waals surface area contributed by atoms with Crippen LogP contribution in [0, 0.1) is 13.8 Å². The molecule has 0 amide bonds. The first-order valence-electron chi connectivity index (χ1n) is 6.73. The minimum absolute atomic E-state index is 0.188. The van der Waals surface area contributed by atoms with Crippen LogP contribution >= 0.6 is 0 Å². The largest absolute Gasteiger partial charge is 0.496 e. The Kier molecular flexibility index (Phi) is 4.07. The lowest BCUT2D eigenvalue weighted by atomic mass is 9.94. The van der Waals surface area contributed by atoms with Gasteiger partial charge in [0.15, 0.2) is 0 Å². The van der Waals surface area contributed by atoms with Crippen molar-refractivity contribution in [3.05, 3.63) is 34.9 Å². The fourth-order valence-corrected chi connectivity index (χ4v) is 2.83. The molecule has 0 aromatic heterocycles. The predicted molar refractivity (Wildman–Crippen MR) is 76.9 cm³/mol. The molecule has 0 bridgehead atoms. The molecule has 2 N–H and O–H groups in total. The summed E-state index contributed by atoms with van der Waals surface area (Å²) in [6, 6.07) is 4.52. The van der Waals surface area contributed by atoms with Gasteiger partial charge in [-0.15, -0.1) is 0 Å². The van der Waals surface area contributed by atoms with Gasteiger partial charge in [-0.3, -0.25) is 0 Å². The summed E-state index contributed by atoms with van der Waals surface area (Å²) in [5.74, 6) is 0.979. The normalized spacial score (nSPS) is 20.2. The highest BCUT2D eigenvalue weighted by molar-refractivity contribution is 5.74. The van der Waals surface area contributed by atoms with E-state index in [1.165, 1.54) is 35.1 Å². The van der Waals surface area contributed by atoms with Gasteiger partial charge in [0.25, 0.3) is 0 Å². The van der Waals surface area contributed by atoms with Crippen molar-refractivity contribution in [3.8, 4) is 5.75 Å². The van der Waals surface area contributed by atoms with Crippen molar-refractivity contribution < 1.29 is 4.74 Å². The Morgan fingerprint density at radius 1 is 1.22 bits per heavy atom. The van der Waals surface area contributed by atoms with Crippen LogP contribution in [0.5, 0.6) is 5.75 Å². The van der Waals surface area contributed by atoms with Crippen molar-refractivity contribution in [2.45, 2.75) is 45.6 Å². The number of nitrogens with two attached hydrogens (primary N) is 1. The van der Waals surface area contributed by atoms with E-state index in [0.29, 0.717) is 0 Å². The van der Waals surface area contributed by atoms with Gasteiger partial charge in [-0.25, -0.2) is 0 Å². The minimum Gasteiger partial charge on any atom is -0.496 e. The number of hydrogen-bond donors (Lipinski definition) is 1. The molecule has 2 heteroatoms. The number of rotatable bonds is 2. The molecule has 1 aromatic carbocycles. The van der Waals surface area contributed by atoms with Gasteiger partial charge in [-0.2, -0.15) is 0 Å². The molecule has 0 saturated carbocycles. The molecule has 0 radical (unpaired) electrons. The van der Waals surface area contributed by atoms with E-state index in [0.717, 1.165) is 18.6 Å². The summed E-state index contributed by atoms with van der Waals surface area (Å²) in [6.07, 6.45) is 6.86. The van der Waals surface area contributed by atoms with Crippen LogP contribution in [0.3, 0.4) is 0 Å². The Morgan fingerprint density at radius 2 is 2.00 bits per heavy atom. The Hall–Kier alpha value is -1.28. The maximum Gasteiger partial charge on any atom is 0.126 e. The average molecular weight is 245 g/mol. The lowest BCUT2D eigenvalue weighted by Crippen LogP contribution is -2.15. The van der Waals surface area contributed by atoms with Crippen LogP contribution in [0.25, 0.3) is 5.57 Å². The smallest absolute Gasteiger partial charge is 0.126 e. The third-order valence-corrected chi connectivity index (χ3v) is 3.63. The SMILES string of the molecule is COc1cc(C)cc(C)c1C1=CC(N)CCCC1. The molecule has 1 aromatic rings. The summed E-state index contributed by atoms with van der Waals surface area (Å²) in [5.41, 5.74) is 11.2. The molecule has 18 heavy (non-hydrogen) atoms. The number of ether oxygens (including phenoxy) is 1. The van der Waals surface area contributed by atoms with Crippen molar-refractivity contribution in [2.24, 2.45) is 5.73 Å². The quantitative estimate of drug-likeness (QED) is 0.864. The first-order chi connectivity index (χ1) is 8.61. The molecule has 1 unspecified atom stereocenters. The third kappa shape index (κ3) is 2.75. The molecule has 98 valence electrons. The summed E-state index contributed by atoms with van der Waals surface area (Å²) in [6.45, 7) is 4.26. The monoisotopic (exact) mass is 245 g/mol. The topological polar surface area (TPSA) is 35.2 Å². The second-order valence-electron chi connectivity index (χ2n) is 5.26. The van der Waals surface area contributed by atoms with E-state index in [9.17, 15) is 0 Å². The Morgan fingerprint density at radius 3 is 2.72 bits per heavy atom. The number of methoxy groups -OCH3 is 1. The lowest BCUT2D eigenvalue weighted by Gasteiger charge is -2.16. The van der Waals surface area contributed by atoms with Gasteiger partial charge < -0.3 is 10.5 Å². The molecule has 2 rings (SSSR count). The number of allylic oxidation sites excluding steroid dienone is 1. The van der Waals surface area contributed by atoms with Crippen LogP contribution in [0.1, 0.15) is 42.4 Å². The molecule has 0 spiro atoms. The highest BCUT2D eigenvalue weighted by atomic mass is 16.5. The first-order valence-corrected chi connectivity index (χ1v) is 6.73. The second kappa shape index (κ2) is 5.57. The van der Waals surface area contributed by atoms with Gasteiger partial charge in [0.1, 0.15) is 5.75 Å². The molecule has 1 aliphatic carbocycles. The highest BCUT2D eigenvalue weighted by Crippen LogP contribution is 2.35. The standard InChI is InChI=1S/C16H23NO/c1-11-8-12(2)16(15(9-11)18-3)13-6-4-5-7-14(17)10-13/h8-10,14H,4-7,17H2,1-3H3. The minimum atomic E-state index is 0.188. The van der Waals surface area contributed by atoms with Crippen LogP contribution in [-0.4, -0.2) is 13.2 Å². The molecule has 0 saturated heterocycles. The molecule has 1 atom stereocenters. The van der Waals surface area contributed by atoms with Crippen molar-refractivity contribution >= 4 is 5.57 Å². The Balaban J connectivity index is 2.49. The summed E-state index contributed by atoms with van der Waals surface area (Å²) in [5, 5.41) is 0. The molecular weight excluding hydrogens is 222 g/mol. The third-order valence-electron chi connectivity index (χ3n) is 3.63.